The van der Waals surface area contributed by atoms with E-state index in [0.717, 1.165) is 4.47 Å². The Labute approximate surface area is 124 Å². The number of carbonyl (C=O) groups is 2. The molecule has 1 heterocycles. The Morgan fingerprint density at radius 3 is 2.60 bits per heavy atom. The minimum absolute atomic E-state index is 0.247. The average Bonchev–Trinajstić information content (AvgIpc) is 2.70. The Balaban J connectivity index is 2.31. The summed E-state index contributed by atoms with van der Waals surface area (Å²) >= 11 is 3.32. The molecule has 0 spiro atoms. The molecule has 1 aromatic carbocycles. The molecule has 0 saturated carbocycles. The highest BCUT2D eigenvalue weighted by Crippen LogP contribution is 2.20. The summed E-state index contributed by atoms with van der Waals surface area (Å²) in [6.07, 6.45) is 1.79. The van der Waals surface area contributed by atoms with E-state index in [-0.39, 0.29) is 5.91 Å². The lowest BCUT2D eigenvalue weighted by Crippen LogP contribution is -2.18. The summed E-state index contributed by atoms with van der Waals surface area (Å²) in [6, 6.07) is 6.77. The molecule has 6 heteroatoms. The Morgan fingerprint density at radius 2 is 2.05 bits per heavy atom. The largest absolute Gasteiger partial charge is 0.366 e. The Morgan fingerprint density at radius 1 is 1.35 bits per heavy atom. The highest BCUT2D eigenvalue weighted by atomic mass is 79.9. The number of nitrogens with two attached hydrogens (primary N) is 1. The van der Waals surface area contributed by atoms with E-state index in [2.05, 4.69) is 21.2 Å². The lowest BCUT2D eigenvalue weighted by atomic mass is 10.1. The molecule has 20 heavy (non-hydrogen) atoms. The Bertz CT molecular complexity index is 692. The lowest BCUT2D eigenvalue weighted by molar-refractivity contribution is 0.0994. The van der Waals surface area contributed by atoms with Crippen LogP contribution in [0.15, 0.2) is 34.9 Å². The van der Waals surface area contributed by atoms with Gasteiger partial charge in [0.2, 0.25) is 5.91 Å². The van der Waals surface area contributed by atoms with Crippen LogP contribution >= 0.6 is 15.9 Å². The van der Waals surface area contributed by atoms with Crippen molar-refractivity contribution in [3.63, 3.8) is 0 Å². The van der Waals surface area contributed by atoms with Crippen LogP contribution in [-0.2, 0) is 7.05 Å². The van der Waals surface area contributed by atoms with Gasteiger partial charge in [0.1, 0.15) is 5.69 Å². The minimum Gasteiger partial charge on any atom is -0.366 e. The maximum atomic E-state index is 12.2. The van der Waals surface area contributed by atoms with Gasteiger partial charge in [0.15, 0.2) is 0 Å². The Kier molecular flexibility index (Phi) is 3.94. The van der Waals surface area contributed by atoms with Gasteiger partial charge in [-0.25, -0.2) is 0 Å². The zero-order valence-corrected chi connectivity index (χ0v) is 12.7. The summed E-state index contributed by atoms with van der Waals surface area (Å²) in [4.78, 5) is 23.5. The third kappa shape index (κ3) is 2.75. The molecule has 0 aliphatic heterocycles. The van der Waals surface area contributed by atoms with Gasteiger partial charge in [-0.1, -0.05) is 6.07 Å². The third-order valence-electron chi connectivity index (χ3n) is 3.05. The Hall–Kier alpha value is -2.08. The molecule has 0 aliphatic rings. The second-order valence-corrected chi connectivity index (χ2v) is 5.37. The molecule has 3 N–H and O–H groups in total. The van der Waals surface area contributed by atoms with Crippen LogP contribution in [0.2, 0.25) is 0 Å². The highest BCUT2D eigenvalue weighted by Gasteiger charge is 2.14. The van der Waals surface area contributed by atoms with Crippen molar-refractivity contribution >= 4 is 33.4 Å². The van der Waals surface area contributed by atoms with E-state index in [1.807, 2.05) is 0 Å². The van der Waals surface area contributed by atoms with Crippen LogP contribution in [0.5, 0.6) is 0 Å². The number of hydrogen-bond acceptors (Lipinski definition) is 2. The number of hydrogen-bond donors (Lipinski definition) is 2. The van der Waals surface area contributed by atoms with Crippen LogP contribution in [0.25, 0.3) is 0 Å². The lowest BCUT2D eigenvalue weighted by Gasteiger charge is -2.11. The molecule has 1 aromatic heterocycles. The van der Waals surface area contributed by atoms with Crippen LogP contribution in [-0.4, -0.2) is 16.4 Å². The first kappa shape index (κ1) is 14.3. The first-order valence-corrected chi connectivity index (χ1v) is 6.72. The summed E-state index contributed by atoms with van der Waals surface area (Å²) in [5, 5.41) is 2.79. The van der Waals surface area contributed by atoms with Gasteiger partial charge < -0.3 is 15.6 Å². The van der Waals surface area contributed by atoms with Crippen molar-refractivity contribution in [1.82, 2.24) is 4.57 Å². The smallest absolute Gasteiger partial charge is 0.272 e. The molecule has 2 amide bonds. The maximum Gasteiger partial charge on any atom is 0.272 e. The first-order valence-electron chi connectivity index (χ1n) is 5.92. The van der Waals surface area contributed by atoms with Crippen LogP contribution in [0.4, 0.5) is 5.69 Å². The third-order valence-corrected chi connectivity index (χ3v) is 3.49. The SMILES string of the molecule is Cc1c(NC(=O)c2cc(Br)cn2C)cccc1C(N)=O. The van der Waals surface area contributed by atoms with Gasteiger partial charge in [0.05, 0.1) is 0 Å². The summed E-state index contributed by atoms with van der Waals surface area (Å²) in [5.41, 5.74) is 7.43. The number of rotatable bonds is 3. The number of anilines is 1. The summed E-state index contributed by atoms with van der Waals surface area (Å²) in [5.74, 6) is -0.761. The number of primary amides is 1. The van der Waals surface area contributed by atoms with Gasteiger partial charge in [-0.3, -0.25) is 9.59 Å². The van der Waals surface area contributed by atoms with E-state index in [9.17, 15) is 9.59 Å². The van der Waals surface area contributed by atoms with E-state index < -0.39 is 5.91 Å². The topological polar surface area (TPSA) is 77.1 Å². The number of aryl methyl sites for hydroxylation is 1. The molecule has 5 nitrogen and oxygen atoms in total. The molecule has 0 fully saturated rings. The van der Waals surface area contributed by atoms with Gasteiger partial charge >= 0.3 is 0 Å². The molecule has 0 radical (unpaired) electrons. The van der Waals surface area contributed by atoms with Crippen molar-refractivity contribution in [1.29, 1.82) is 0 Å². The van der Waals surface area contributed by atoms with Gasteiger partial charge in [-0.15, -0.1) is 0 Å². The summed E-state index contributed by atoms with van der Waals surface area (Å²) in [6.45, 7) is 1.75. The number of nitrogens with zero attached hydrogens (tertiary/aromatic N) is 1. The predicted octanol–water partition coefficient (Wildman–Crippen LogP) is 2.45. The van der Waals surface area contributed by atoms with E-state index in [1.165, 1.54) is 0 Å². The molecular weight excluding hydrogens is 322 g/mol. The van der Waals surface area contributed by atoms with Crippen molar-refractivity contribution in [2.45, 2.75) is 6.92 Å². The van der Waals surface area contributed by atoms with Crippen molar-refractivity contribution in [2.75, 3.05) is 5.32 Å². The van der Waals surface area contributed by atoms with E-state index in [4.69, 9.17) is 5.73 Å². The van der Waals surface area contributed by atoms with Crippen molar-refractivity contribution in [2.24, 2.45) is 12.8 Å². The molecule has 0 saturated heterocycles. The van der Waals surface area contributed by atoms with Crippen LogP contribution in [0.1, 0.15) is 26.4 Å². The summed E-state index contributed by atoms with van der Waals surface area (Å²) < 4.78 is 2.54. The molecule has 2 aromatic rings. The van der Waals surface area contributed by atoms with E-state index in [0.29, 0.717) is 22.5 Å². The number of aromatic nitrogens is 1. The van der Waals surface area contributed by atoms with Crippen LogP contribution < -0.4 is 11.1 Å². The van der Waals surface area contributed by atoms with Gasteiger partial charge in [-0.05, 0) is 46.6 Å². The number of benzene rings is 1. The molecule has 0 aliphatic carbocycles. The fourth-order valence-electron chi connectivity index (χ4n) is 1.97. The number of halogens is 1. The quantitative estimate of drug-likeness (QED) is 0.903. The van der Waals surface area contributed by atoms with Crippen molar-refractivity contribution in [3.05, 3.63) is 51.8 Å². The minimum atomic E-state index is -0.514. The monoisotopic (exact) mass is 335 g/mol. The predicted molar refractivity (Wildman–Crippen MR) is 80.8 cm³/mol. The van der Waals surface area contributed by atoms with Gasteiger partial charge in [0.25, 0.3) is 5.91 Å². The fourth-order valence-corrected chi connectivity index (χ4v) is 2.50. The molecule has 0 bridgehead atoms. The van der Waals surface area contributed by atoms with Crippen molar-refractivity contribution in [3.8, 4) is 0 Å². The summed E-state index contributed by atoms with van der Waals surface area (Å²) in [7, 11) is 1.78. The molecular formula is C14H14BrN3O2. The maximum absolute atomic E-state index is 12.2. The zero-order valence-electron chi connectivity index (χ0n) is 11.1. The van der Waals surface area contributed by atoms with E-state index in [1.54, 1.807) is 49.0 Å². The number of nitrogens with one attached hydrogen (secondary N) is 1. The van der Waals surface area contributed by atoms with Crippen LogP contribution in [0.3, 0.4) is 0 Å². The van der Waals surface area contributed by atoms with E-state index >= 15 is 0 Å². The fraction of sp³-hybridized carbons (Fsp3) is 0.143. The highest BCUT2D eigenvalue weighted by molar-refractivity contribution is 9.10. The molecule has 0 unspecified atom stereocenters. The van der Waals surface area contributed by atoms with Gasteiger partial charge in [-0.2, -0.15) is 0 Å². The second kappa shape index (κ2) is 5.50. The second-order valence-electron chi connectivity index (χ2n) is 4.45. The van der Waals surface area contributed by atoms with Crippen molar-refractivity contribution < 1.29 is 9.59 Å². The zero-order chi connectivity index (χ0) is 14.9. The molecule has 0 atom stereocenters. The standard InChI is InChI=1S/C14H14BrN3O2/c1-8-10(13(16)19)4-3-5-11(8)17-14(20)12-6-9(15)7-18(12)2/h3-7H,1-2H3,(H2,16,19)(H,17,20). The molecule has 104 valence electrons. The number of amides is 2. The normalized spacial score (nSPS) is 10.3. The number of carbonyl (C=O) groups excluding carboxylic acids is 2. The van der Waals surface area contributed by atoms with Crippen LogP contribution in [0, 0.1) is 6.92 Å². The average molecular weight is 336 g/mol. The first-order chi connectivity index (χ1) is 9.40. The molecule has 2 rings (SSSR count). The van der Waals surface area contributed by atoms with Gasteiger partial charge in [0, 0.05) is 29.0 Å².